The maximum Gasteiger partial charge on any atom is 0.293 e. The van der Waals surface area contributed by atoms with E-state index in [1.807, 2.05) is 0 Å². The zero-order valence-electron chi connectivity index (χ0n) is 15.7. The average Bonchev–Trinajstić information content (AvgIpc) is 3.28. The first-order valence-corrected chi connectivity index (χ1v) is 8.60. The number of nitro benzene ring substituents is 1. The summed E-state index contributed by atoms with van der Waals surface area (Å²) in [4.78, 5) is 24.7. The van der Waals surface area contributed by atoms with Crippen LogP contribution in [0.1, 0.15) is 21.7 Å². The summed E-state index contributed by atoms with van der Waals surface area (Å²) in [5, 5.41) is 29.7. The SMILES string of the molecule is CN(C)Cc1c(C(=O)N/N=C\c2ccc(Cl)c([N+](=O)[O-])c2)nnn1-c1nonc1N. The summed E-state index contributed by atoms with van der Waals surface area (Å²) in [5.74, 6) is -0.586. The van der Waals surface area contributed by atoms with Crippen LogP contribution in [0.5, 0.6) is 0 Å². The van der Waals surface area contributed by atoms with E-state index in [2.05, 4.69) is 35.8 Å². The highest BCUT2D eigenvalue weighted by Gasteiger charge is 2.24. The van der Waals surface area contributed by atoms with Crippen LogP contribution in [0.15, 0.2) is 27.9 Å². The molecule has 3 aromatic rings. The van der Waals surface area contributed by atoms with E-state index in [1.54, 1.807) is 19.0 Å². The minimum absolute atomic E-state index is 0.00672. The molecule has 0 aliphatic heterocycles. The molecule has 0 spiro atoms. The van der Waals surface area contributed by atoms with Gasteiger partial charge in [0, 0.05) is 18.2 Å². The van der Waals surface area contributed by atoms with Crippen molar-refractivity contribution in [3.63, 3.8) is 0 Å². The summed E-state index contributed by atoms with van der Waals surface area (Å²) in [6.07, 6.45) is 1.23. The Kier molecular flexibility index (Phi) is 5.98. The van der Waals surface area contributed by atoms with Gasteiger partial charge in [-0.2, -0.15) is 9.78 Å². The number of halogens is 1. The third-order valence-electron chi connectivity index (χ3n) is 3.69. The molecule has 3 N–H and O–H groups in total. The quantitative estimate of drug-likeness (QED) is 0.303. The molecule has 156 valence electrons. The third-order valence-corrected chi connectivity index (χ3v) is 4.01. The molecule has 0 aliphatic carbocycles. The summed E-state index contributed by atoms with van der Waals surface area (Å²) < 4.78 is 5.81. The van der Waals surface area contributed by atoms with Gasteiger partial charge in [-0.1, -0.05) is 22.9 Å². The Bertz CT molecular complexity index is 1120. The van der Waals surface area contributed by atoms with Gasteiger partial charge in [0.1, 0.15) is 5.02 Å². The monoisotopic (exact) mass is 434 g/mol. The average molecular weight is 435 g/mol. The lowest BCUT2D eigenvalue weighted by Gasteiger charge is -2.11. The fourth-order valence-electron chi connectivity index (χ4n) is 2.40. The number of nitro groups is 1. The number of benzene rings is 1. The molecule has 14 nitrogen and oxygen atoms in total. The Morgan fingerprint density at radius 1 is 1.47 bits per heavy atom. The largest absolute Gasteiger partial charge is 0.378 e. The third kappa shape index (κ3) is 4.39. The Morgan fingerprint density at radius 2 is 2.23 bits per heavy atom. The fourth-order valence-corrected chi connectivity index (χ4v) is 2.58. The van der Waals surface area contributed by atoms with E-state index in [0.717, 1.165) is 0 Å². The minimum Gasteiger partial charge on any atom is -0.378 e. The van der Waals surface area contributed by atoms with Gasteiger partial charge in [-0.25, -0.2) is 10.1 Å². The number of hydrogen-bond acceptors (Lipinski definition) is 11. The molecule has 2 heterocycles. The van der Waals surface area contributed by atoms with Crippen LogP contribution in [0.25, 0.3) is 5.82 Å². The lowest BCUT2D eigenvalue weighted by Crippen LogP contribution is -2.23. The van der Waals surface area contributed by atoms with Gasteiger partial charge < -0.3 is 10.6 Å². The first kappa shape index (κ1) is 20.8. The van der Waals surface area contributed by atoms with Crippen molar-refractivity contribution < 1.29 is 14.3 Å². The van der Waals surface area contributed by atoms with Crippen molar-refractivity contribution in [3.8, 4) is 5.82 Å². The highest BCUT2D eigenvalue weighted by molar-refractivity contribution is 6.32. The van der Waals surface area contributed by atoms with Crippen LogP contribution in [0.2, 0.25) is 5.02 Å². The first-order chi connectivity index (χ1) is 14.3. The van der Waals surface area contributed by atoms with Crippen LogP contribution >= 0.6 is 11.6 Å². The van der Waals surface area contributed by atoms with Crippen LogP contribution in [0.3, 0.4) is 0 Å². The molecule has 0 bridgehead atoms. The number of hydrogen-bond donors (Lipinski definition) is 2. The number of amides is 1. The van der Waals surface area contributed by atoms with Gasteiger partial charge in [0.2, 0.25) is 11.6 Å². The van der Waals surface area contributed by atoms with Crippen LogP contribution < -0.4 is 11.2 Å². The second-order valence-corrected chi connectivity index (χ2v) is 6.58. The molecular weight excluding hydrogens is 420 g/mol. The summed E-state index contributed by atoms with van der Waals surface area (Å²) >= 11 is 5.77. The summed E-state index contributed by atoms with van der Waals surface area (Å²) in [7, 11) is 3.57. The number of rotatable bonds is 7. The molecule has 30 heavy (non-hydrogen) atoms. The Morgan fingerprint density at radius 3 is 2.87 bits per heavy atom. The van der Waals surface area contributed by atoms with Crippen molar-refractivity contribution in [2.24, 2.45) is 5.10 Å². The number of carbonyl (C=O) groups is 1. The zero-order valence-corrected chi connectivity index (χ0v) is 16.4. The molecule has 1 amide bonds. The van der Waals surface area contributed by atoms with E-state index in [1.165, 1.54) is 29.1 Å². The van der Waals surface area contributed by atoms with Crippen LogP contribution in [0.4, 0.5) is 11.5 Å². The second kappa shape index (κ2) is 8.62. The van der Waals surface area contributed by atoms with E-state index < -0.39 is 10.8 Å². The van der Waals surface area contributed by atoms with Crippen molar-refractivity contribution in [3.05, 3.63) is 50.3 Å². The normalized spacial score (nSPS) is 11.3. The van der Waals surface area contributed by atoms with Crippen molar-refractivity contribution in [2.45, 2.75) is 6.54 Å². The van der Waals surface area contributed by atoms with Crippen molar-refractivity contribution in [1.29, 1.82) is 0 Å². The minimum atomic E-state index is -0.659. The molecule has 2 aromatic heterocycles. The number of nitrogen functional groups attached to an aromatic ring is 1. The molecule has 0 radical (unpaired) electrons. The number of anilines is 1. The predicted octanol–water partition coefficient (Wildman–Crippen LogP) is 0.620. The van der Waals surface area contributed by atoms with E-state index >= 15 is 0 Å². The van der Waals surface area contributed by atoms with Gasteiger partial charge in [0.15, 0.2) is 5.69 Å². The Balaban J connectivity index is 1.83. The molecule has 0 fully saturated rings. The van der Waals surface area contributed by atoms with Gasteiger partial charge in [-0.3, -0.25) is 14.9 Å². The summed E-state index contributed by atoms with van der Waals surface area (Å²) in [6.45, 7) is 0.273. The maximum absolute atomic E-state index is 12.6. The predicted molar refractivity (Wildman–Crippen MR) is 104 cm³/mol. The smallest absolute Gasteiger partial charge is 0.293 e. The topological polar surface area (TPSA) is 183 Å². The standard InChI is InChI=1S/C15H15ClN10O4/c1-24(2)7-11-12(19-23-25(11)14-13(17)21-30-22-14)15(27)20-18-6-8-3-4-9(16)10(5-8)26(28)29/h3-6H,7H2,1-2H3,(H2,17,21)(H,20,27)/b18-6-. The van der Waals surface area contributed by atoms with Crippen molar-refractivity contribution in [2.75, 3.05) is 19.8 Å². The van der Waals surface area contributed by atoms with Crippen molar-refractivity contribution in [1.82, 2.24) is 35.6 Å². The first-order valence-electron chi connectivity index (χ1n) is 8.23. The molecule has 0 unspecified atom stereocenters. The molecule has 1 aromatic carbocycles. The molecule has 15 heteroatoms. The number of carbonyl (C=O) groups excluding carboxylic acids is 1. The lowest BCUT2D eigenvalue weighted by atomic mass is 10.2. The molecule has 0 saturated heterocycles. The van der Waals surface area contributed by atoms with Gasteiger partial charge >= 0.3 is 0 Å². The molecule has 3 rings (SSSR count). The van der Waals surface area contributed by atoms with Crippen LogP contribution in [-0.2, 0) is 6.54 Å². The van der Waals surface area contributed by atoms with Crippen molar-refractivity contribution >= 4 is 35.2 Å². The maximum atomic E-state index is 12.6. The number of nitrogens with one attached hydrogen (secondary N) is 1. The number of hydrazone groups is 1. The summed E-state index contributed by atoms with van der Waals surface area (Å²) in [6, 6.07) is 4.10. The van der Waals surface area contributed by atoms with Crippen LogP contribution in [0, 0.1) is 10.1 Å². The Hall–Kier alpha value is -3.91. The lowest BCUT2D eigenvalue weighted by molar-refractivity contribution is -0.384. The highest BCUT2D eigenvalue weighted by atomic mass is 35.5. The number of nitrogens with zero attached hydrogens (tertiary/aromatic N) is 8. The van der Waals surface area contributed by atoms with Gasteiger partial charge in [-0.15, -0.1) is 5.10 Å². The van der Waals surface area contributed by atoms with Gasteiger partial charge in [0.05, 0.1) is 16.8 Å². The van der Waals surface area contributed by atoms with Gasteiger partial charge in [0.25, 0.3) is 11.6 Å². The number of nitrogens with two attached hydrogens (primary N) is 1. The highest BCUT2D eigenvalue weighted by Crippen LogP contribution is 2.24. The van der Waals surface area contributed by atoms with E-state index in [-0.39, 0.29) is 34.6 Å². The Labute approximate surface area is 173 Å². The molecular formula is C15H15ClN10O4. The van der Waals surface area contributed by atoms with Gasteiger partial charge in [-0.05, 0) is 30.5 Å². The molecule has 0 atom stereocenters. The molecule has 0 saturated carbocycles. The summed E-state index contributed by atoms with van der Waals surface area (Å²) in [5.41, 5.74) is 8.43. The zero-order chi connectivity index (χ0) is 21.8. The fraction of sp³-hybridized carbons (Fsp3) is 0.200. The van der Waals surface area contributed by atoms with E-state index in [9.17, 15) is 14.9 Å². The number of aromatic nitrogens is 5. The second-order valence-electron chi connectivity index (χ2n) is 6.17. The molecule has 0 aliphatic rings. The van der Waals surface area contributed by atoms with E-state index in [0.29, 0.717) is 11.3 Å². The van der Waals surface area contributed by atoms with Crippen LogP contribution in [-0.4, -0.2) is 61.3 Å². The van der Waals surface area contributed by atoms with E-state index in [4.69, 9.17) is 17.3 Å².